The summed E-state index contributed by atoms with van der Waals surface area (Å²) in [5, 5.41) is 69.3. The van der Waals surface area contributed by atoms with Gasteiger partial charge >= 0.3 is 0 Å². The van der Waals surface area contributed by atoms with Gasteiger partial charge in [-0.1, -0.05) is 63.4 Å². The van der Waals surface area contributed by atoms with E-state index in [-0.39, 0.29) is 64.7 Å². The Balaban J connectivity index is 2.63. The molecule has 14 atom stereocenters. The van der Waals surface area contributed by atoms with Gasteiger partial charge in [-0.05, 0) is 97.0 Å². The molecule has 1 saturated heterocycles. The van der Waals surface area contributed by atoms with Gasteiger partial charge in [-0.15, -0.1) is 0 Å². The van der Waals surface area contributed by atoms with Crippen molar-refractivity contribution in [3.63, 3.8) is 0 Å². The van der Waals surface area contributed by atoms with Gasteiger partial charge in [0, 0.05) is 19.4 Å². The fraction of sp³-hybridized carbons (Fsp3) is 0.679. The molecule has 23 N–H and O–H groups in total. The number of nitrogens with two attached hydrogens (primary N) is 4. The number of aliphatic hydroxyl groups is 4. The molecule has 1 heterocycles. The van der Waals surface area contributed by atoms with Crippen LogP contribution in [0.25, 0.3) is 0 Å². The van der Waals surface area contributed by atoms with Gasteiger partial charge in [-0.25, -0.2) is 0 Å². The second-order valence-electron chi connectivity index (χ2n) is 20.7. The number of amides is 11. The Bertz CT molecular complexity index is 2280. The molecular formula is C53H91N15O15. The molecule has 2 rings (SSSR count). The second kappa shape index (κ2) is 38.0. The Hall–Kier alpha value is -6.93. The average molecular weight is 1180 g/mol. The van der Waals surface area contributed by atoms with Crippen LogP contribution >= 0.6 is 0 Å². The number of carbonyl (C=O) groups excluding carboxylic acids is 11. The molecule has 1 aliphatic heterocycles. The van der Waals surface area contributed by atoms with Gasteiger partial charge in [0.1, 0.15) is 60.4 Å². The zero-order valence-corrected chi connectivity index (χ0v) is 48.1. The van der Waals surface area contributed by atoms with E-state index >= 15 is 0 Å². The van der Waals surface area contributed by atoms with Crippen molar-refractivity contribution in [3.8, 4) is 0 Å². The number of carbonyl (C=O) groups is 11. The summed E-state index contributed by atoms with van der Waals surface area (Å²) in [5.74, 6) is -10.5. The fourth-order valence-corrected chi connectivity index (χ4v) is 8.55. The SMILES string of the molecule is CCC(C)CCCCC(=O)NC(CCN)C(=O)NC(C(=O)NC(CO)C(=O)NC1CCNC(=O)C(C(C)O)NC(=O)C(CCN)NC(=O)C(CCN)NC(=O)C(C(C)O)NC(=O)C(Cc2ccccc2)NC(=O)C(CCN)NC1=O)C(C)O. The highest BCUT2D eigenvalue weighted by Gasteiger charge is 2.38. The molecule has 0 bridgehead atoms. The summed E-state index contributed by atoms with van der Waals surface area (Å²) in [6.07, 6.45) is -3.06. The standard InChI is InChI=1S/C53H91N15O15/c1-6-28(2)12-10-11-15-40(73)59-33(16-21-54)47(77)67-43(31(5)72)53(83)65-39(27-69)50(80)62-37-20-25-58-51(81)41(29(3)70)66-48(78)36(19-24-57)61-44(74)35(18-23-56)63-52(82)42(30(4)71)68-49(79)38(26-32-13-8-7-9-14-32)64-45(75)34(17-22-55)60-46(37)76/h7-9,13-14,28-31,33-39,41-43,69-72H,6,10-12,15-27,54-57H2,1-5H3,(H,58,81)(H,59,73)(H,60,76)(H,61,74)(H,62,80)(H,63,82)(H,64,75)(H,65,83)(H,66,78)(H,67,77)(H,68,79). The average Bonchev–Trinajstić information content (AvgIpc) is 3.45. The van der Waals surface area contributed by atoms with Gasteiger partial charge in [-0.3, -0.25) is 52.7 Å². The molecule has 468 valence electrons. The lowest BCUT2D eigenvalue weighted by atomic mass is 10.0. The number of aliphatic hydroxyl groups excluding tert-OH is 4. The summed E-state index contributed by atoms with van der Waals surface area (Å²) < 4.78 is 0. The number of nitrogens with one attached hydrogen (secondary N) is 11. The molecule has 0 aliphatic carbocycles. The van der Waals surface area contributed by atoms with Crippen molar-refractivity contribution >= 4 is 65.0 Å². The van der Waals surface area contributed by atoms with Crippen molar-refractivity contribution < 1.29 is 73.2 Å². The first-order valence-corrected chi connectivity index (χ1v) is 28.2. The quantitative estimate of drug-likeness (QED) is 0.0364. The third-order valence-electron chi connectivity index (χ3n) is 13.7. The lowest BCUT2D eigenvalue weighted by Crippen LogP contribution is -2.63. The van der Waals surface area contributed by atoms with Crippen molar-refractivity contribution in [2.24, 2.45) is 28.9 Å². The van der Waals surface area contributed by atoms with Crippen LogP contribution in [0.1, 0.15) is 104 Å². The molecule has 30 nitrogen and oxygen atoms in total. The molecule has 1 aromatic rings. The molecule has 1 aromatic carbocycles. The smallest absolute Gasteiger partial charge is 0.245 e. The predicted octanol–water partition coefficient (Wildman–Crippen LogP) is -7.27. The molecular weight excluding hydrogens is 1090 g/mol. The molecule has 1 aliphatic rings. The predicted molar refractivity (Wildman–Crippen MR) is 302 cm³/mol. The van der Waals surface area contributed by atoms with Crippen LogP contribution in [-0.2, 0) is 59.2 Å². The summed E-state index contributed by atoms with van der Waals surface area (Å²) in [5.41, 5.74) is 23.7. The van der Waals surface area contributed by atoms with Crippen LogP contribution in [0, 0.1) is 5.92 Å². The normalized spacial score (nSPS) is 23.5. The molecule has 0 spiro atoms. The first-order chi connectivity index (χ1) is 39.3. The number of benzene rings is 1. The highest BCUT2D eigenvalue weighted by atomic mass is 16.3. The van der Waals surface area contributed by atoms with Gasteiger partial charge in [0.2, 0.25) is 65.0 Å². The van der Waals surface area contributed by atoms with Crippen molar-refractivity contribution in [1.82, 2.24) is 58.5 Å². The summed E-state index contributed by atoms with van der Waals surface area (Å²) >= 11 is 0. The van der Waals surface area contributed by atoms with E-state index in [1.807, 2.05) is 0 Å². The van der Waals surface area contributed by atoms with E-state index in [0.29, 0.717) is 17.9 Å². The first-order valence-electron chi connectivity index (χ1n) is 28.2. The number of unbranched alkanes of at least 4 members (excludes halogenated alkanes) is 1. The molecule has 0 radical (unpaired) electrons. The maximum Gasteiger partial charge on any atom is 0.245 e. The van der Waals surface area contributed by atoms with Gasteiger partial charge in [0.05, 0.1) is 24.9 Å². The Labute approximate surface area is 483 Å². The molecule has 83 heavy (non-hydrogen) atoms. The van der Waals surface area contributed by atoms with Crippen LogP contribution in [0.4, 0.5) is 0 Å². The Morgan fingerprint density at radius 3 is 1.59 bits per heavy atom. The third kappa shape index (κ3) is 25.2. The summed E-state index contributed by atoms with van der Waals surface area (Å²) in [4.78, 5) is 152. The summed E-state index contributed by atoms with van der Waals surface area (Å²) in [7, 11) is 0. The lowest BCUT2D eigenvalue weighted by molar-refractivity contribution is -0.137. The van der Waals surface area contributed by atoms with Crippen molar-refractivity contribution in [2.45, 2.75) is 184 Å². The zero-order valence-electron chi connectivity index (χ0n) is 48.1. The molecule has 14 unspecified atom stereocenters. The van der Waals surface area contributed by atoms with Crippen molar-refractivity contribution in [3.05, 3.63) is 35.9 Å². The van der Waals surface area contributed by atoms with Gasteiger partial charge in [0.15, 0.2) is 0 Å². The van der Waals surface area contributed by atoms with E-state index in [4.69, 9.17) is 22.9 Å². The highest BCUT2D eigenvalue weighted by molar-refractivity contribution is 5.99. The van der Waals surface area contributed by atoms with Crippen LogP contribution < -0.4 is 81.4 Å². The van der Waals surface area contributed by atoms with Crippen LogP contribution in [0.3, 0.4) is 0 Å². The lowest BCUT2D eigenvalue weighted by Gasteiger charge is -2.29. The second-order valence-corrected chi connectivity index (χ2v) is 20.7. The topological polar surface area (TPSA) is 505 Å². The molecule has 30 heteroatoms. The van der Waals surface area contributed by atoms with Crippen molar-refractivity contribution in [2.75, 3.05) is 39.3 Å². The van der Waals surface area contributed by atoms with E-state index in [1.165, 1.54) is 6.92 Å². The Morgan fingerprint density at radius 2 is 1.08 bits per heavy atom. The van der Waals surface area contributed by atoms with Gasteiger partial charge in [0.25, 0.3) is 0 Å². The first kappa shape index (κ1) is 72.2. The van der Waals surface area contributed by atoms with Crippen LogP contribution in [0.2, 0.25) is 0 Å². The number of hydrogen-bond acceptors (Lipinski definition) is 19. The highest BCUT2D eigenvalue weighted by Crippen LogP contribution is 2.13. The number of hydrogen-bond donors (Lipinski definition) is 19. The molecule has 11 amide bonds. The summed E-state index contributed by atoms with van der Waals surface area (Å²) in [6.45, 7) is 5.31. The van der Waals surface area contributed by atoms with Crippen molar-refractivity contribution in [1.29, 1.82) is 0 Å². The minimum Gasteiger partial charge on any atom is -0.394 e. The van der Waals surface area contributed by atoms with E-state index in [1.54, 1.807) is 30.3 Å². The Morgan fingerprint density at radius 1 is 0.578 bits per heavy atom. The van der Waals surface area contributed by atoms with E-state index in [0.717, 1.165) is 33.1 Å². The van der Waals surface area contributed by atoms with E-state index in [2.05, 4.69) is 72.3 Å². The molecule has 0 saturated carbocycles. The Kier molecular flexibility index (Phi) is 33.1. The van der Waals surface area contributed by atoms with Crippen LogP contribution in [-0.4, -0.2) is 203 Å². The molecule has 1 fully saturated rings. The summed E-state index contributed by atoms with van der Waals surface area (Å²) in [6, 6.07) is -8.01. The van der Waals surface area contributed by atoms with Gasteiger partial charge < -0.3 is 102 Å². The monoisotopic (exact) mass is 1180 g/mol. The minimum absolute atomic E-state index is 0.0500. The maximum absolute atomic E-state index is 14.4. The minimum atomic E-state index is -1.91. The molecule has 0 aromatic heterocycles. The van der Waals surface area contributed by atoms with Crippen LogP contribution in [0.5, 0.6) is 0 Å². The fourth-order valence-electron chi connectivity index (χ4n) is 8.55. The van der Waals surface area contributed by atoms with Crippen LogP contribution in [0.15, 0.2) is 30.3 Å². The van der Waals surface area contributed by atoms with Gasteiger partial charge in [-0.2, -0.15) is 0 Å². The maximum atomic E-state index is 14.4. The third-order valence-corrected chi connectivity index (χ3v) is 13.7. The van der Waals surface area contributed by atoms with E-state index < -0.39 is 163 Å². The number of rotatable bonds is 27. The zero-order chi connectivity index (χ0) is 62.3. The van der Waals surface area contributed by atoms with E-state index in [9.17, 15) is 73.2 Å². The largest absolute Gasteiger partial charge is 0.394 e.